The number of amides is 1. The van der Waals surface area contributed by atoms with E-state index in [1.54, 1.807) is 41.1 Å². The minimum Gasteiger partial charge on any atom is -0.456 e. The number of fused-ring (bicyclic) bond motifs is 6. The summed E-state index contributed by atoms with van der Waals surface area (Å²) in [6.45, 7) is -1.46. The first kappa shape index (κ1) is 29.0. The van der Waals surface area contributed by atoms with Crippen LogP contribution in [0.3, 0.4) is 0 Å². The summed E-state index contributed by atoms with van der Waals surface area (Å²) in [6.07, 6.45) is 0.920. The molecule has 6 aromatic rings. The van der Waals surface area contributed by atoms with Crippen LogP contribution in [0.25, 0.3) is 49.7 Å². The number of carbonyl (C=O) groups excluding carboxylic acids is 1. The lowest BCUT2D eigenvalue weighted by molar-refractivity contribution is -0.189. The Morgan fingerprint density at radius 1 is 1.13 bits per heavy atom. The molecule has 0 aliphatic carbocycles. The lowest BCUT2D eigenvalue weighted by Crippen LogP contribution is -2.57. The number of aromatic nitrogens is 3. The first-order valence-electron chi connectivity index (χ1n) is 13.7. The standard InChI is InChI=1S/C30H25F3N6O5S/c1-34-28(40)25-17-9-16(19-7-8-20-26(36-19)23-10-15-18(31)5-4-6-21(15)39(23)14-35-20)22(37(2)45(3,42)43)11-24(17)44-27(25)29(41)38-12-30(32,33)13-38/h4-11,14,29,41H,12-13H2,1-3H3,(H,34,40). The van der Waals surface area contributed by atoms with Gasteiger partial charge in [0.25, 0.3) is 11.8 Å². The highest BCUT2D eigenvalue weighted by Gasteiger charge is 2.48. The topological polar surface area (TPSA) is 133 Å². The maximum Gasteiger partial charge on any atom is 0.273 e. The Morgan fingerprint density at radius 2 is 1.89 bits per heavy atom. The summed E-state index contributed by atoms with van der Waals surface area (Å²) in [4.78, 5) is 23.5. The molecule has 7 rings (SSSR count). The molecule has 232 valence electrons. The number of hydrogen-bond acceptors (Lipinski definition) is 8. The maximum atomic E-state index is 14.7. The molecule has 0 saturated carbocycles. The van der Waals surface area contributed by atoms with E-state index in [-0.39, 0.29) is 33.5 Å². The first-order chi connectivity index (χ1) is 21.3. The summed E-state index contributed by atoms with van der Waals surface area (Å²) >= 11 is 0. The molecule has 4 aromatic heterocycles. The summed E-state index contributed by atoms with van der Waals surface area (Å²) in [6, 6.07) is 12.6. The van der Waals surface area contributed by atoms with Crippen LogP contribution in [0.5, 0.6) is 0 Å². The second kappa shape index (κ2) is 9.89. The Morgan fingerprint density at radius 3 is 2.58 bits per heavy atom. The molecule has 5 heterocycles. The minimum absolute atomic E-state index is 0.0438. The number of pyridine rings is 1. The molecule has 0 radical (unpaired) electrons. The van der Waals surface area contributed by atoms with Gasteiger partial charge in [0.2, 0.25) is 10.0 Å². The highest BCUT2D eigenvalue weighted by Crippen LogP contribution is 2.42. The third kappa shape index (κ3) is 4.57. The van der Waals surface area contributed by atoms with Crippen LogP contribution in [0.15, 0.2) is 59.3 Å². The number of sulfonamides is 1. The predicted molar refractivity (Wildman–Crippen MR) is 161 cm³/mol. The molecule has 1 saturated heterocycles. The van der Waals surface area contributed by atoms with E-state index in [0.717, 1.165) is 15.5 Å². The molecule has 2 N–H and O–H groups in total. The molecule has 45 heavy (non-hydrogen) atoms. The molecular formula is C30H25F3N6O5S. The van der Waals surface area contributed by atoms with Gasteiger partial charge in [-0.1, -0.05) is 6.07 Å². The second-order valence-electron chi connectivity index (χ2n) is 11.0. The number of nitrogens with one attached hydrogen (secondary N) is 1. The number of benzene rings is 2. The van der Waals surface area contributed by atoms with Crippen LogP contribution in [-0.4, -0.2) is 78.1 Å². The van der Waals surface area contributed by atoms with E-state index < -0.39 is 47.0 Å². The van der Waals surface area contributed by atoms with Crippen molar-refractivity contribution in [3.05, 3.63) is 72.0 Å². The van der Waals surface area contributed by atoms with Gasteiger partial charge < -0.3 is 14.8 Å². The fourth-order valence-corrected chi connectivity index (χ4v) is 6.27. The van der Waals surface area contributed by atoms with Crippen LogP contribution >= 0.6 is 0 Å². The molecule has 1 aliphatic heterocycles. The van der Waals surface area contributed by atoms with Crippen molar-refractivity contribution in [1.29, 1.82) is 0 Å². The molecule has 0 spiro atoms. The number of aliphatic hydroxyl groups excluding tert-OH is 1. The van der Waals surface area contributed by atoms with Crippen molar-refractivity contribution in [3.8, 4) is 11.3 Å². The monoisotopic (exact) mass is 638 g/mol. The lowest BCUT2D eigenvalue weighted by atomic mass is 10.0. The Bertz CT molecular complexity index is 2310. The van der Waals surface area contributed by atoms with Gasteiger partial charge in [-0.3, -0.25) is 18.4 Å². The van der Waals surface area contributed by atoms with Crippen molar-refractivity contribution in [3.63, 3.8) is 0 Å². The predicted octanol–water partition coefficient (Wildman–Crippen LogP) is 4.29. The molecule has 11 nitrogen and oxygen atoms in total. The normalized spacial score (nSPS) is 16.0. The molecule has 15 heteroatoms. The van der Waals surface area contributed by atoms with Gasteiger partial charge in [0.15, 0.2) is 12.0 Å². The van der Waals surface area contributed by atoms with E-state index in [9.17, 15) is 31.5 Å². The third-order valence-corrected chi connectivity index (χ3v) is 9.30. The molecule has 1 amide bonds. The highest BCUT2D eigenvalue weighted by atomic mass is 32.2. The lowest BCUT2D eigenvalue weighted by Gasteiger charge is -2.40. The number of anilines is 1. The van der Waals surface area contributed by atoms with E-state index in [0.29, 0.717) is 33.1 Å². The average Bonchev–Trinajstić information content (AvgIpc) is 3.57. The van der Waals surface area contributed by atoms with Crippen molar-refractivity contribution >= 4 is 60.0 Å². The number of halogens is 3. The Kier molecular flexibility index (Phi) is 6.37. The van der Waals surface area contributed by atoms with E-state index in [1.165, 1.54) is 32.3 Å². The third-order valence-electron chi connectivity index (χ3n) is 8.11. The largest absolute Gasteiger partial charge is 0.456 e. The van der Waals surface area contributed by atoms with Crippen LogP contribution < -0.4 is 9.62 Å². The van der Waals surface area contributed by atoms with Gasteiger partial charge in [0, 0.05) is 36.5 Å². The smallest absolute Gasteiger partial charge is 0.273 e. The summed E-state index contributed by atoms with van der Waals surface area (Å²) in [5.74, 6) is -4.31. The number of nitrogens with zero attached hydrogens (tertiary/aromatic N) is 5. The summed E-state index contributed by atoms with van der Waals surface area (Å²) in [5, 5.41) is 14.0. The number of furan rings is 1. The summed E-state index contributed by atoms with van der Waals surface area (Å²) in [5.41, 5.74) is 2.72. The van der Waals surface area contributed by atoms with Gasteiger partial charge in [0.1, 0.15) is 23.2 Å². The molecule has 1 unspecified atom stereocenters. The average molecular weight is 639 g/mol. The Hall–Kier alpha value is -4.73. The molecule has 1 fully saturated rings. The van der Waals surface area contributed by atoms with Gasteiger partial charge in [0.05, 0.1) is 52.8 Å². The van der Waals surface area contributed by atoms with Crippen molar-refractivity contribution < 1.29 is 35.9 Å². The van der Waals surface area contributed by atoms with E-state index in [1.807, 2.05) is 0 Å². The molecule has 1 atom stereocenters. The van der Waals surface area contributed by atoms with Crippen LogP contribution in [-0.2, 0) is 10.0 Å². The fraction of sp³-hybridized carbons (Fsp3) is 0.233. The van der Waals surface area contributed by atoms with Gasteiger partial charge in [-0.2, -0.15) is 0 Å². The van der Waals surface area contributed by atoms with Crippen molar-refractivity contribution in [2.45, 2.75) is 12.2 Å². The van der Waals surface area contributed by atoms with Gasteiger partial charge >= 0.3 is 0 Å². The van der Waals surface area contributed by atoms with E-state index in [2.05, 4.69) is 10.3 Å². The molecule has 1 aliphatic rings. The Labute approximate surface area is 253 Å². The van der Waals surface area contributed by atoms with Crippen LogP contribution in [0.1, 0.15) is 22.3 Å². The Balaban J connectivity index is 1.49. The molecule has 2 aromatic carbocycles. The summed E-state index contributed by atoms with van der Waals surface area (Å²) in [7, 11) is -1.12. The van der Waals surface area contributed by atoms with Gasteiger partial charge in [-0.25, -0.2) is 31.6 Å². The van der Waals surface area contributed by atoms with Crippen molar-refractivity contribution in [2.75, 3.05) is 37.7 Å². The number of carbonyl (C=O) groups is 1. The summed E-state index contributed by atoms with van der Waals surface area (Å²) < 4.78 is 76.0. The zero-order valence-electron chi connectivity index (χ0n) is 24.0. The zero-order valence-corrected chi connectivity index (χ0v) is 24.9. The second-order valence-corrected chi connectivity index (χ2v) is 13.0. The van der Waals surface area contributed by atoms with Gasteiger partial charge in [-0.15, -0.1) is 0 Å². The maximum absolute atomic E-state index is 14.7. The number of aliphatic hydroxyl groups is 1. The van der Waals surface area contributed by atoms with Crippen LogP contribution in [0.4, 0.5) is 18.9 Å². The SMILES string of the molecule is CNC(=O)c1c(C(O)N2CC(F)(F)C2)oc2cc(N(C)S(C)(=O)=O)c(-c3ccc4ncn5c6cccc(F)c6cc5c4n3)cc12. The van der Waals surface area contributed by atoms with Crippen LogP contribution in [0, 0.1) is 5.82 Å². The molecular weight excluding hydrogens is 613 g/mol. The quantitative estimate of drug-likeness (QED) is 0.276. The first-order valence-corrected chi connectivity index (χ1v) is 15.5. The minimum atomic E-state index is -3.83. The van der Waals surface area contributed by atoms with Crippen molar-refractivity contribution in [1.82, 2.24) is 24.6 Å². The highest BCUT2D eigenvalue weighted by molar-refractivity contribution is 7.92. The zero-order chi connectivity index (χ0) is 32.0. The number of alkyl halides is 2. The van der Waals surface area contributed by atoms with E-state index in [4.69, 9.17) is 9.40 Å². The van der Waals surface area contributed by atoms with Crippen LogP contribution in [0.2, 0.25) is 0 Å². The number of likely N-dealkylation sites (tertiary alicyclic amines) is 1. The van der Waals surface area contributed by atoms with Gasteiger partial charge in [-0.05, 0) is 36.4 Å². The van der Waals surface area contributed by atoms with E-state index >= 15 is 0 Å². The fourth-order valence-electron chi connectivity index (χ4n) is 5.76. The number of rotatable bonds is 6. The van der Waals surface area contributed by atoms with Crippen molar-refractivity contribution in [2.24, 2.45) is 0 Å². The number of hydrogen-bond donors (Lipinski definition) is 2. The molecule has 0 bridgehead atoms.